The number of benzene rings is 2. The van der Waals surface area contributed by atoms with E-state index in [9.17, 15) is 19.2 Å². The molecule has 2 aromatic carbocycles. The summed E-state index contributed by atoms with van der Waals surface area (Å²) >= 11 is 6.05. The molecule has 0 bridgehead atoms. The standard InChI is InChI=1S/C25H25ClN4O5/c1-15-3-5-20-17(11-15)18(13-22(31)29-20)25(34)30-9-2-7-28-24(33)19-12-16(26)4-6-21(19)35-10-8-27-23(32)14-30/h3-6,11-13H,2,7-10,14H2,1H3,(H,27,32)(H,28,33)(H,29,31). The van der Waals surface area contributed by atoms with Crippen LogP contribution in [0.1, 0.15) is 32.7 Å². The number of aryl methyl sites for hydroxylation is 1. The maximum Gasteiger partial charge on any atom is 0.255 e. The molecule has 0 radical (unpaired) electrons. The van der Waals surface area contributed by atoms with E-state index in [1.54, 1.807) is 18.2 Å². The van der Waals surface area contributed by atoms with Gasteiger partial charge in [0.05, 0.1) is 24.2 Å². The highest BCUT2D eigenvalue weighted by Gasteiger charge is 2.22. The molecule has 10 heteroatoms. The van der Waals surface area contributed by atoms with Crippen molar-refractivity contribution in [3.8, 4) is 5.75 Å². The SMILES string of the molecule is Cc1ccc2[nH]c(=O)cc(C(=O)N3CCCNC(=O)c4cc(Cl)ccc4OCCNC(=O)C3)c2c1. The lowest BCUT2D eigenvalue weighted by Gasteiger charge is -2.23. The summed E-state index contributed by atoms with van der Waals surface area (Å²) in [5, 5.41) is 6.54. The predicted octanol–water partition coefficient (Wildman–Crippen LogP) is 2.26. The first-order valence-corrected chi connectivity index (χ1v) is 11.6. The fourth-order valence-electron chi connectivity index (χ4n) is 3.92. The van der Waals surface area contributed by atoms with E-state index in [1.165, 1.54) is 17.0 Å². The second kappa shape index (κ2) is 10.6. The minimum Gasteiger partial charge on any atom is -0.491 e. The number of ether oxygens (including phenoxy) is 1. The van der Waals surface area contributed by atoms with Crippen molar-refractivity contribution < 1.29 is 19.1 Å². The zero-order valence-electron chi connectivity index (χ0n) is 19.2. The Morgan fingerprint density at radius 2 is 1.86 bits per heavy atom. The van der Waals surface area contributed by atoms with Crippen LogP contribution >= 0.6 is 11.6 Å². The summed E-state index contributed by atoms with van der Waals surface area (Å²) in [6, 6.07) is 11.4. The molecule has 0 aliphatic carbocycles. The van der Waals surface area contributed by atoms with Crippen LogP contribution in [0.25, 0.3) is 10.9 Å². The summed E-state index contributed by atoms with van der Waals surface area (Å²) in [4.78, 5) is 55.1. The van der Waals surface area contributed by atoms with Crippen LogP contribution in [0.5, 0.6) is 5.75 Å². The van der Waals surface area contributed by atoms with Crippen molar-refractivity contribution in [3.63, 3.8) is 0 Å². The van der Waals surface area contributed by atoms with Gasteiger partial charge in [-0.1, -0.05) is 23.2 Å². The van der Waals surface area contributed by atoms with Gasteiger partial charge < -0.3 is 25.3 Å². The van der Waals surface area contributed by atoms with E-state index in [2.05, 4.69) is 15.6 Å². The first-order valence-electron chi connectivity index (χ1n) is 11.2. The lowest BCUT2D eigenvalue weighted by atomic mass is 10.1. The van der Waals surface area contributed by atoms with Gasteiger partial charge in [-0.15, -0.1) is 0 Å². The molecule has 0 atom stereocenters. The Balaban J connectivity index is 1.58. The van der Waals surface area contributed by atoms with Crippen molar-refractivity contribution in [2.45, 2.75) is 13.3 Å². The van der Waals surface area contributed by atoms with Crippen molar-refractivity contribution in [3.05, 3.63) is 74.5 Å². The second-order valence-electron chi connectivity index (χ2n) is 8.27. The molecule has 3 N–H and O–H groups in total. The van der Waals surface area contributed by atoms with E-state index in [1.807, 2.05) is 19.1 Å². The number of carbonyl (C=O) groups excluding carboxylic acids is 3. The third-order valence-corrected chi connectivity index (χ3v) is 5.84. The Bertz CT molecular complexity index is 1350. The van der Waals surface area contributed by atoms with Crippen LogP contribution in [-0.2, 0) is 4.79 Å². The quantitative estimate of drug-likeness (QED) is 0.477. The molecule has 0 saturated heterocycles. The van der Waals surface area contributed by atoms with Gasteiger partial charge in [0, 0.05) is 35.1 Å². The number of nitrogens with one attached hydrogen (secondary N) is 3. The molecule has 3 aromatic rings. The lowest BCUT2D eigenvalue weighted by Crippen LogP contribution is -2.43. The average molecular weight is 497 g/mol. The van der Waals surface area contributed by atoms with Crippen molar-refractivity contribution in [2.75, 3.05) is 32.8 Å². The smallest absolute Gasteiger partial charge is 0.255 e. The van der Waals surface area contributed by atoms with Crippen LogP contribution in [0, 0.1) is 6.92 Å². The Labute approximate surface area is 206 Å². The lowest BCUT2D eigenvalue weighted by molar-refractivity contribution is -0.121. The number of hydrogen-bond donors (Lipinski definition) is 3. The van der Waals surface area contributed by atoms with Gasteiger partial charge in [-0.2, -0.15) is 0 Å². The third-order valence-electron chi connectivity index (χ3n) is 5.61. The highest BCUT2D eigenvalue weighted by Crippen LogP contribution is 2.23. The second-order valence-corrected chi connectivity index (χ2v) is 8.71. The van der Waals surface area contributed by atoms with Crippen molar-refractivity contribution in [2.24, 2.45) is 0 Å². The molecule has 35 heavy (non-hydrogen) atoms. The molecule has 0 spiro atoms. The molecular formula is C25H25ClN4O5. The van der Waals surface area contributed by atoms with Crippen molar-refractivity contribution in [1.29, 1.82) is 0 Å². The molecule has 182 valence electrons. The maximum absolute atomic E-state index is 13.5. The number of aromatic nitrogens is 1. The van der Waals surface area contributed by atoms with Crippen LogP contribution in [0.4, 0.5) is 0 Å². The third kappa shape index (κ3) is 5.81. The largest absolute Gasteiger partial charge is 0.491 e. The van der Waals surface area contributed by atoms with Gasteiger partial charge in [0.25, 0.3) is 11.8 Å². The first kappa shape index (κ1) is 24.3. The molecule has 1 aliphatic heterocycles. The Hall–Kier alpha value is -3.85. The number of rotatable bonds is 1. The summed E-state index contributed by atoms with van der Waals surface area (Å²) < 4.78 is 5.67. The van der Waals surface area contributed by atoms with E-state index in [-0.39, 0.29) is 50.2 Å². The molecule has 4 rings (SSSR count). The van der Waals surface area contributed by atoms with Crippen LogP contribution < -0.4 is 20.9 Å². The number of aromatic amines is 1. The molecule has 0 fully saturated rings. The van der Waals surface area contributed by atoms with Crippen LogP contribution in [0.15, 0.2) is 47.3 Å². The summed E-state index contributed by atoms with van der Waals surface area (Å²) in [6.45, 7) is 2.46. The zero-order chi connectivity index (χ0) is 24.9. The van der Waals surface area contributed by atoms with E-state index in [4.69, 9.17) is 16.3 Å². The fourth-order valence-corrected chi connectivity index (χ4v) is 4.09. The highest BCUT2D eigenvalue weighted by molar-refractivity contribution is 6.31. The summed E-state index contributed by atoms with van der Waals surface area (Å²) in [6.07, 6.45) is 0.391. The molecule has 3 amide bonds. The topological polar surface area (TPSA) is 121 Å². The number of hydrogen-bond acceptors (Lipinski definition) is 5. The van der Waals surface area contributed by atoms with Crippen molar-refractivity contribution in [1.82, 2.24) is 20.5 Å². The summed E-state index contributed by atoms with van der Waals surface area (Å²) in [5.41, 5.74) is 1.58. The van der Waals surface area contributed by atoms with E-state index >= 15 is 0 Å². The molecule has 9 nitrogen and oxygen atoms in total. The summed E-state index contributed by atoms with van der Waals surface area (Å²) in [7, 11) is 0. The number of nitrogens with zero attached hydrogens (tertiary/aromatic N) is 1. The van der Waals surface area contributed by atoms with Gasteiger partial charge in [-0.25, -0.2) is 0 Å². The fraction of sp³-hybridized carbons (Fsp3) is 0.280. The van der Waals surface area contributed by atoms with Gasteiger partial charge in [0.1, 0.15) is 12.4 Å². The number of amides is 3. The highest BCUT2D eigenvalue weighted by atomic mass is 35.5. The van der Waals surface area contributed by atoms with Gasteiger partial charge in [-0.3, -0.25) is 19.2 Å². The first-order chi connectivity index (χ1) is 16.8. The molecule has 0 saturated carbocycles. The van der Waals surface area contributed by atoms with Crippen LogP contribution in [0.2, 0.25) is 5.02 Å². The van der Waals surface area contributed by atoms with Crippen LogP contribution in [-0.4, -0.2) is 60.4 Å². The van der Waals surface area contributed by atoms with E-state index < -0.39 is 11.5 Å². The van der Waals surface area contributed by atoms with E-state index in [0.717, 1.165) is 5.56 Å². The molecule has 1 aliphatic rings. The predicted molar refractivity (Wildman–Crippen MR) is 132 cm³/mol. The number of pyridine rings is 1. The number of fused-ring (bicyclic) bond motifs is 2. The molecular weight excluding hydrogens is 472 g/mol. The van der Waals surface area contributed by atoms with E-state index in [0.29, 0.717) is 33.7 Å². The number of halogens is 1. The Kier molecular flexibility index (Phi) is 7.36. The monoisotopic (exact) mass is 496 g/mol. The van der Waals surface area contributed by atoms with Gasteiger partial charge in [0.2, 0.25) is 11.5 Å². The number of H-pyrrole nitrogens is 1. The molecule has 0 unspecified atom stereocenters. The Morgan fingerprint density at radius 3 is 2.69 bits per heavy atom. The normalized spacial score (nSPS) is 15.4. The molecule has 2 heterocycles. The number of carbonyl (C=O) groups is 3. The van der Waals surface area contributed by atoms with Crippen molar-refractivity contribution >= 4 is 40.2 Å². The maximum atomic E-state index is 13.5. The average Bonchev–Trinajstić information content (AvgIpc) is 2.83. The van der Waals surface area contributed by atoms with Gasteiger partial charge in [0.15, 0.2) is 0 Å². The van der Waals surface area contributed by atoms with Crippen LogP contribution in [0.3, 0.4) is 0 Å². The Morgan fingerprint density at radius 1 is 1.03 bits per heavy atom. The van der Waals surface area contributed by atoms with Gasteiger partial charge in [-0.05, 0) is 43.7 Å². The summed E-state index contributed by atoms with van der Waals surface area (Å²) in [5.74, 6) is -0.776. The minimum absolute atomic E-state index is 0.125. The minimum atomic E-state index is -0.436. The zero-order valence-corrected chi connectivity index (χ0v) is 19.9. The van der Waals surface area contributed by atoms with Gasteiger partial charge >= 0.3 is 0 Å². The molecule has 1 aromatic heterocycles.